The van der Waals surface area contributed by atoms with Crippen molar-refractivity contribution < 1.29 is 9.53 Å². The monoisotopic (exact) mass is 317 g/mol. The molecular weight excluding hydrogens is 286 g/mol. The molecule has 0 N–H and O–H groups in total. The maximum absolute atomic E-state index is 11.3. The van der Waals surface area contributed by atoms with E-state index in [0.29, 0.717) is 18.1 Å². The minimum Gasteiger partial charge on any atom is -0.462 e. The molecule has 1 rings (SSSR count). The maximum Gasteiger partial charge on any atom is 0.333 e. The van der Waals surface area contributed by atoms with Crippen molar-refractivity contribution in [3.8, 4) is 0 Å². The van der Waals surface area contributed by atoms with Gasteiger partial charge in [0.25, 0.3) is 0 Å². The summed E-state index contributed by atoms with van der Waals surface area (Å²) in [6, 6.07) is 10.7. The molecule has 1 aromatic carbocycles. The molecule has 3 heteroatoms. The van der Waals surface area contributed by atoms with Crippen LogP contribution in [-0.2, 0) is 16.0 Å². The van der Waals surface area contributed by atoms with E-state index in [1.807, 2.05) is 0 Å². The van der Waals surface area contributed by atoms with E-state index < -0.39 is 0 Å². The van der Waals surface area contributed by atoms with Gasteiger partial charge in [-0.15, -0.1) is 0 Å². The molecule has 128 valence electrons. The molecule has 0 aliphatic heterocycles. The Morgan fingerprint density at radius 3 is 2.48 bits per heavy atom. The summed E-state index contributed by atoms with van der Waals surface area (Å²) in [6.07, 6.45) is 5.52. The van der Waals surface area contributed by atoms with E-state index in [4.69, 9.17) is 4.74 Å². The summed E-state index contributed by atoms with van der Waals surface area (Å²) in [4.78, 5) is 13.6. The second-order valence-electron chi connectivity index (χ2n) is 6.56. The fourth-order valence-corrected chi connectivity index (χ4v) is 2.56. The highest BCUT2D eigenvalue weighted by molar-refractivity contribution is 5.86. The second kappa shape index (κ2) is 11.0. The first-order chi connectivity index (χ1) is 11.0. The Morgan fingerprint density at radius 2 is 1.87 bits per heavy atom. The first-order valence-electron chi connectivity index (χ1n) is 8.50. The predicted molar refractivity (Wildman–Crippen MR) is 96.4 cm³/mol. The van der Waals surface area contributed by atoms with Crippen molar-refractivity contribution in [2.24, 2.45) is 5.92 Å². The molecule has 0 saturated heterocycles. The number of esters is 1. The molecule has 1 aromatic rings. The van der Waals surface area contributed by atoms with Crippen LogP contribution in [-0.4, -0.2) is 38.1 Å². The molecule has 0 amide bonds. The van der Waals surface area contributed by atoms with Crippen molar-refractivity contribution in [2.75, 3.05) is 27.2 Å². The zero-order valence-corrected chi connectivity index (χ0v) is 14.9. The number of hydrogen-bond donors (Lipinski definition) is 0. The van der Waals surface area contributed by atoms with Gasteiger partial charge in [0, 0.05) is 5.57 Å². The molecule has 0 fully saturated rings. The molecule has 1 unspecified atom stereocenters. The molecule has 1 atom stereocenters. The second-order valence-corrected chi connectivity index (χ2v) is 6.56. The molecule has 0 spiro atoms. The van der Waals surface area contributed by atoms with E-state index in [2.05, 4.69) is 55.9 Å². The quantitative estimate of drug-likeness (QED) is 0.350. The predicted octanol–water partition coefficient (Wildman–Crippen LogP) is 4.09. The van der Waals surface area contributed by atoms with Crippen LogP contribution in [0.25, 0.3) is 0 Å². The molecule has 0 bridgehead atoms. The van der Waals surface area contributed by atoms with Crippen molar-refractivity contribution in [1.29, 1.82) is 0 Å². The lowest BCUT2D eigenvalue weighted by Crippen LogP contribution is -2.18. The first-order valence-corrected chi connectivity index (χ1v) is 8.50. The van der Waals surface area contributed by atoms with E-state index >= 15 is 0 Å². The van der Waals surface area contributed by atoms with E-state index in [1.54, 1.807) is 6.92 Å². The number of benzene rings is 1. The topological polar surface area (TPSA) is 29.5 Å². The number of unbranched alkanes of at least 4 members (excludes halogenated alkanes) is 1. The van der Waals surface area contributed by atoms with Crippen LogP contribution < -0.4 is 0 Å². The summed E-state index contributed by atoms with van der Waals surface area (Å²) in [5.41, 5.74) is 1.88. The van der Waals surface area contributed by atoms with Crippen LogP contribution in [0.2, 0.25) is 0 Å². The molecule has 0 aromatic heterocycles. The molecule has 0 heterocycles. The molecular formula is C20H31NO2. The van der Waals surface area contributed by atoms with Gasteiger partial charge in [-0.05, 0) is 71.1 Å². The van der Waals surface area contributed by atoms with Crippen molar-refractivity contribution in [3.63, 3.8) is 0 Å². The Bertz CT molecular complexity index is 468. The highest BCUT2D eigenvalue weighted by Crippen LogP contribution is 2.19. The summed E-state index contributed by atoms with van der Waals surface area (Å²) in [7, 11) is 4.24. The summed E-state index contributed by atoms with van der Waals surface area (Å²) in [5, 5.41) is 0. The van der Waals surface area contributed by atoms with Crippen LogP contribution in [0, 0.1) is 5.92 Å². The van der Waals surface area contributed by atoms with Gasteiger partial charge in [-0.1, -0.05) is 36.9 Å². The summed E-state index contributed by atoms with van der Waals surface area (Å²) < 4.78 is 5.16. The normalized spacial score (nSPS) is 12.2. The van der Waals surface area contributed by atoms with E-state index in [-0.39, 0.29) is 5.97 Å². The van der Waals surface area contributed by atoms with Crippen molar-refractivity contribution in [2.45, 2.75) is 39.0 Å². The Balaban J connectivity index is 2.34. The summed E-state index contributed by atoms with van der Waals surface area (Å²) >= 11 is 0. The number of carbonyl (C=O) groups excluding carboxylic acids is 1. The zero-order chi connectivity index (χ0) is 17.1. The standard InChI is InChI=1S/C20H31NO2/c1-17(2)20(22)23-15-9-8-12-19(13-14-21(3)4)16-18-10-6-5-7-11-18/h5-7,10-11,19H,1,8-9,12-16H2,2-4H3. The fraction of sp³-hybridized carbons (Fsp3) is 0.550. The first kappa shape index (κ1) is 19.4. The molecule has 0 radical (unpaired) electrons. The number of nitrogens with zero attached hydrogens (tertiary/aromatic N) is 1. The van der Waals surface area contributed by atoms with Crippen molar-refractivity contribution in [3.05, 3.63) is 48.0 Å². The molecule has 0 aliphatic rings. The molecule has 3 nitrogen and oxygen atoms in total. The Labute approximate surface area is 141 Å². The van der Waals surface area contributed by atoms with Gasteiger partial charge >= 0.3 is 5.97 Å². The van der Waals surface area contributed by atoms with Crippen molar-refractivity contribution >= 4 is 5.97 Å². The smallest absolute Gasteiger partial charge is 0.333 e. The van der Waals surface area contributed by atoms with Gasteiger partial charge in [-0.3, -0.25) is 0 Å². The lowest BCUT2D eigenvalue weighted by Gasteiger charge is -2.19. The number of hydrogen-bond acceptors (Lipinski definition) is 3. The Hall–Kier alpha value is -1.61. The van der Waals surface area contributed by atoms with Crippen LogP contribution in [0.3, 0.4) is 0 Å². The third kappa shape index (κ3) is 9.19. The number of ether oxygens (including phenoxy) is 1. The van der Waals surface area contributed by atoms with E-state index in [9.17, 15) is 4.79 Å². The average Bonchev–Trinajstić information content (AvgIpc) is 2.52. The van der Waals surface area contributed by atoms with Gasteiger partial charge in [-0.2, -0.15) is 0 Å². The minimum absolute atomic E-state index is 0.279. The highest BCUT2D eigenvalue weighted by Gasteiger charge is 2.11. The highest BCUT2D eigenvalue weighted by atomic mass is 16.5. The Morgan fingerprint density at radius 1 is 1.17 bits per heavy atom. The third-order valence-corrected chi connectivity index (χ3v) is 3.94. The zero-order valence-electron chi connectivity index (χ0n) is 14.9. The van der Waals surface area contributed by atoms with Crippen LogP contribution in [0.5, 0.6) is 0 Å². The number of carbonyl (C=O) groups is 1. The summed E-state index contributed by atoms with van der Waals surface area (Å²) in [6.45, 7) is 6.88. The van der Waals surface area contributed by atoms with Gasteiger partial charge in [-0.25, -0.2) is 4.79 Å². The van der Waals surface area contributed by atoms with Crippen LogP contribution in [0.1, 0.15) is 38.2 Å². The molecule has 0 saturated carbocycles. The van der Waals surface area contributed by atoms with Crippen LogP contribution in [0.4, 0.5) is 0 Å². The van der Waals surface area contributed by atoms with Crippen LogP contribution >= 0.6 is 0 Å². The van der Waals surface area contributed by atoms with E-state index in [0.717, 1.165) is 25.8 Å². The van der Waals surface area contributed by atoms with Crippen LogP contribution in [0.15, 0.2) is 42.5 Å². The average molecular weight is 317 g/mol. The SMILES string of the molecule is C=C(C)C(=O)OCCCCC(CCN(C)C)Cc1ccccc1. The molecule has 23 heavy (non-hydrogen) atoms. The van der Waals surface area contributed by atoms with Gasteiger partial charge in [0.15, 0.2) is 0 Å². The lowest BCUT2D eigenvalue weighted by molar-refractivity contribution is -0.139. The fourth-order valence-electron chi connectivity index (χ4n) is 2.56. The largest absolute Gasteiger partial charge is 0.462 e. The van der Waals surface area contributed by atoms with Gasteiger partial charge in [0.05, 0.1) is 6.61 Å². The Kier molecular flexibility index (Phi) is 9.30. The lowest BCUT2D eigenvalue weighted by atomic mass is 9.91. The van der Waals surface area contributed by atoms with E-state index in [1.165, 1.54) is 18.4 Å². The van der Waals surface area contributed by atoms with Gasteiger partial charge in [0.2, 0.25) is 0 Å². The number of rotatable bonds is 11. The third-order valence-electron chi connectivity index (χ3n) is 3.94. The van der Waals surface area contributed by atoms with Gasteiger partial charge in [0.1, 0.15) is 0 Å². The van der Waals surface area contributed by atoms with Gasteiger partial charge < -0.3 is 9.64 Å². The molecule has 0 aliphatic carbocycles. The summed E-state index contributed by atoms with van der Waals surface area (Å²) in [5.74, 6) is 0.398. The maximum atomic E-state index is 11.3. The van der Waals surface area contributed by atoms with Crippen molar-refractivity contribution in [1.82, 2.24) is 4.90 Å². The minimum atomic E-state index is -0.279.